The SMILES string of the molecule is CCCCCCCCCCCCCCCCCCNC1(C(=O)OCC)CC(C)(C)NC(C)(C)C1. The Morgan fingerprint density at radius 3 is 1.44 bits per heavy atom. The molecule has 1 heterocycles. The van der Waals surface area contributed by atoms with Crippen molar-refractivity contribution in [3.05, 3.63) is 0 Å². The second-order valence-corrected chi connectivity index (χ2v) is 12.3. The predicted octanol–water partition coefficient (Wildman–Crippen LogP) is 8.08. The Kier molecular flexibility index (Phi) is 15.7. The molecule has 0 spiro atoms. The monoisotopic (exact) mass is 480 g/mol. The van der Waals surface area contributed by atoms with E-state index in [2.05, 4.69) is 45.3 Å². The van der Waals surface area contributed by atoms with Gasteiger partial charge in [0, 0.05) is 11.1 Å². The van der Waals surface area contributed by atoms with Crippen molar-refractivity contribution < 1.29 is 9.53 Å². The third kappa shape index (κ3) is 13.5. The van der Waals surface area contributed by atoms with Crippen molar-refractivity contribution in [2.45, 2.75) is 174 Å². The van der Waals surface area contributed by atoms with Crippen molar-refractivity contribution in [1.29, 1.82) is 0 Å². The molecule has 0 saturated carbocycles. The molecule has 0 unspecified atom stereocenters. The van der Waals surface area contributed by atoms with Crippen LogP contribution in [0, 0.1) is 0 Å². The first-order valence-electron chi connectivity index (χ1n) is 14.9. The van der Waals surface area contributed by atoms with Gasteiger partial charge in [-0.2, -0.15) is 0 Å². The van der Waals surface area contributed by atoms with E-state index >= 15 is 0 Å². The minimum absolute atomic E-state index is 0.0749. The number of hydrogen-bond donors (Lipinski definition) is 2. The van der Waals surface area contributed by atoms with Crippen LogP contribution in [-0.4, -0.2) is 35.7 Å². The number of ether oxygens (including phenoxy) is 1. The second-order valence-electron chi connectivity index (χ2n) is 12.3. The smallest absolute Gasteiger partial charge is 0.326 e. The molecule has 0 bridgehead atoms. The van der Waals surface area contributed by atoms with E-state index in [0.717, 1.165) is 25.8 Å². The lowest BCUT2D eigenvalue weighted by Crippen LogP contribution is -2.70. The molecule has 0 atom stereocenters. The molecule has 1 rings (SSSR count). The Morgan fingerprint density at radius 2 is 1.06 bits per heavy atom. The molecule has 202 valence electrons. The third-order valence-electron chi connectivity index (χ3n) is 7.32. The van der Waals surface area contributed by atoms with Crippen LogP contribution in [0.5, 0.6) is 0 Å². The van der Waals surface area contributed by atoms with Crippen molar-refractivity contribution in [3.8, 4) is 0 Å². The lowest BCUT2D eigenvalue weighted by Gasteiger charge is -2.51. The summed E-state index contributed by atoms with van der Waals surface area (Å²) in [6.07, 6.45) is 23.6. The summed E-state index contributed by atoms with van der Waals surface area (Å²) in [7, 11) is 0. The van der Waals surface area contributed by atoms with Gasteiger partial charge in [-0.05, 0) is 60.4 Å². The van der Waals surface area contributed by atoms with E-state index in [1.54, 1.807) is 0 Å². The summed E-state index contributed by atoms with van der Waals surface area (Å²) in [6.45, 7) is 14.3. The van der Waals surface area contributed by atoms with Crippen molar-refractivity contribution in [2.75, 3.05) is 13.2 Å². The number of hydrogen-bond acceptors (Lipinski definition) is 4. The van der Waals surface area contributed by atoms with Gasteiger partial charge in [-0.1, -0.05) is 103 Å². The molecule has 0 aromatic heterocycles. The predicted molar refractivity (Wildman–Crippen MR) is 147 cm³/mol. The number of carbonyl (C=O) groups is 1. The molecular formula is C30H60N2O2. The fourth-order valence-corrected chi connectivity index (χ4v) is 6.19. The molecule has 1 aliphatic heterocycles. The van der Waals surface area contributed by atoms with Crippen LogP contribution in [0.3, 0.4) is 0 Å². The first kappa shape index (κ1) is 31.4. The summed E-state index contributed by atoms with van der Waals surface area (Å²) in [5, 5.41) is 7.36. The molecule has 1 aliphatic rings. The summed E-state index contributed by atoms with van der Waals surface area (Å²) in [4.78, 5) is 13.0. The summed E-state index contributed by atoms with van der Waals surface area (Å²) in [6, 6.07) is 0. The van der Waals surface area contributed by atoms with Crippen LogP contribution >= 0.6 is 0 Å². The van der Waals surface area contributed by atoms with Crippen LogP contribution in [0.25, 0.3) is 0 Å². The molecule has 34 heavy (non-hydrogen) atoms. The fraction of sp³-hybridized carbons (Fsp3) is 0.967. The van der Waals surface area contributed by atoms with Crippen molar-refractivity contribution in [2.24, 2.45) is 0 Å². The molecule has 0 aliphatic carbocycles. The number of piperidine rings is 1. The Bertz CT molecular complexity index is 514. The Morgan fingerprint density at radius 1 is 0.676 bits per heavy atom. The van der Waals surface area contributed by atoms with Gasteiger partial charge in [0.25, 0.3) is 0 Å². The highest BCUT2D eigenvalue weighted by atomic mass is 16.5. The largest absolute Gasteiger partial charge is 0.465 e. The summed E-state index contributed by atoms with van der Waals surface area (Å²) < 4.78 is 5.53. The average Bonchev–Trinajstić information content (AvgIpc) is 2.74. The average molecular weight is 481 g/mol. The highest BCUT2D eigenvalue weighted by molar-refractivity contribution is 5.81. The Balaban J connectivity index is 2.13. The van der Waals surface area contributed by atoms with Gasteiger partial charge in [0.2, 0.25) is 0 Å². The van der Waals surface area contributed by atoms with Gasteiger partial charge in [-0.3, -0.25) is 4.79 Å². The summed E-state index contributed by atoms with van der Waals surface area (Å²) >= 11 is 0. The van der Waals surface area contributed by atoms with Gasteiger partial charge in [0.15, 0.2) is 0 Å². The van der Waals surface area contributed by atoms with Gasteiger partial charge in [0.1, 0.15) is 5.54 Å². The number of esters is 1. The molecule has 0 aromatic carbocycles. The first-order valence-corrected chi connectivity index (χ1v) is 14.9. The van der Waals surface area contributed by atoms with Gasteiger partial charge in [-0.25, -0.2) is 0 Å². The zero-order chi connectivity index (χ0) is 25.3. The van der Waals surface area contributed by atoms with Crippen LogP contribution in [-0.2, 0) is 9.53 Å². The van der Waals surface area contributed by atoms with Crippen molar-refractivity contribution in [1.82, 2.24) is 10.6 Å². The molecule has 1 saturated heterocycles. The van der Waals surface area contributed by atoms with E-state index < -0.39 is 5.54 Å². The van der Waals surface area contributed by atoms with Crippen LogP contribution in [0.15, 0.2) is 0 Å². The van der Waals surface area contributed by atoms with Gasteiger partial charge in [-0.15, -0.1) is 0 Å². The minimum atomic E-state index is -0.580. The Labute approximate surface area is 213 Å². The zero-order valence-corrected chi connectivity index (χ0v) is 24.0. The van der Waals surface area contributed by atoms with E-state index in [1.165, 1.54) is 96.3 Å². The topological polar surface area (TPSA) is 50.4 Å². The lowest BCUT2D eigenvalue weighted by molar-refractivity contribution is -0.155. The highest BCUT2D eigenvalue weighted by Crippen LogP contribution is 2.37. The minimum Gasteiger partial charge on any atom is -0.465 e. The number of nitrogens with one attached hydrogen (secondary N) is 2. The molecular weight excluding hydrogens is 420 g/mol. The molecule has 1 fully saturated rings. The fourth-order valence-electron chi connectivity index (χ4n) is 6.19. The van der Waals surface area contributed by atoms with E-state index in [-0.39, 0.29) is 17.0 Å². The van der Waals surface area contributed by atoms with Gasteiger partial charge in [0.05, 0.1) is 6.61 Å². The van der Waals surface area contributed by atoms with Crippen LogP contribution in [0.1, 0.15) is 157 Å². The van der Waals surface area contributed by atoms with Crippen LogP contribution in [0.4, 0.5) is 0 Å². The molecule has 4 nitrogen and oxygen atoms in total. The second kappa shape index (κ2) is 17.0. The summed E-state index contributed by atoms with van der Waals surface area (Å²) in [5.41, 5.74) is -0.782. The number of rotatable bonds is 20. The van der Waals surface area contributed by atoms with Crippen LogP contribution in [0.2, 0.25) is 0 Å². The molecule has 0 aromatic rings. The maximum absolute atomic E-state index is 13.0. The van der Waals surface area contributed by atoms with E-state index in [9.17, 15) is 4.79 Å². The maximum Gasteiger partial charge on any atom is 0.326 e. The highest BCUT2D eigenvalue weighted by Gasteiger charge is 2.52. The van der Waals surface area contributed by atoms with E-state index in [1.807, 2.05) is 6.92 Å². The van der Waals surface area contributed by atoms with Gasteiger partial charge < -0.3 is 15.4 Å². The number of carbonyl (C=O) groups excluding carboxylic acids is 1. The lowest BCUT2D eigenvalue weighted by atomic mass is 9.70. The van der Waals surface area contributed by atoms with Crippen molar-refractivity contribution in [3.63, 3.8) is 0 Å². The maximum atomic E-state index is 13.0. The van der Waals surface area contributed by atoms with E-state index in [4.69, 9.17) is 4.74 Å². The third-order valence-corrected chi connectivity index (χ3v) is 7.32. The van der Waals surface area contributed by atoms with Gasteiger partial charge >= 0.3 is 5.97 Å². The van der Waals surface area contributed by atoms with Crippen molar-refractivity contribution >= 4 is 5.97 Å². The first-order chi connectivity index (χ1) is 16.2. The molecule has 0 radical (unpaired) electrons. The molecule has 4 heteroatoms. The zero-order valence-electron chi connectivity index (χ0n) is 24.0. The molecule has 0 amide bonds. The van der Waals surface area contributed by atoms with E-state index in [0.29, 0.717) is 6.61 Å². The van der Waals surface area contributed by atoms with Crippen LogP contribution < -0.4 is 10.6 Å². The normalized spacial score (nSPS) is 18.6. The Hall–Kier alpha value is -0.610. The summed E-state index contributed by atoms with van der Waals surface area (Å²) in [5.74, 6) is -0.0749. The quantitative estimate of drug-likeness (QED) is 0.137. The standard InChI is InChI=1S/C30H60N2O2/c1-7-9-10-11-12-13-14-15-16-17-18-19-20-21-22-23-24-31-30(27(33)34-8-2)25-28(3,4)32-29(5,6)26-30/h31-32H,7-26H2,1-6H3. The number of unbranched alkanes of at least 4 members (excludes halogenated alkanes) is 15. The molecule has 2 N–H and O–H groups in total.